The van der Waals surface area contributed by atoms with E-state index in [-0.39, 0.29) is 5.91 Å². The summed E-state index contributed by atoms with van der Waals surface area (Å²) in [7, 11) is 0. The van der Waals surface area contributed by atoms with E-state index in [0.717, 1.165) is 88.0 Å². The molecule has 0 aliphatic heterocycles. The van der Waals surface area contributed by atoms with Crippen molar-refractivity contribution in [3.05, 3.63) is 36.0 Å². The van der Waals surface area contributed by atoms with E-state index in [9.17, 15) is 4.79 Å². The standard InChI is InChI=1S/C23H40N6O/c24-10-3-5-15-29(17-7-11-25)16-6-4-12-26-13-14-27-23(30)18-20-19-28-22-9-2-1-8-21(20)22/h1-2,8-9,19,26,28H,3-7,10-18,24-25H2,(H,27,30). The van der Waals surface area contributed by atoms with Crippen molar-refractivity contribution in [3.8, 4) is 0 Å². The highest BCUT2D eigenvalue weighted by Crippen LogP contribution is 2.17. The number of aromatic nitrogens is 1. The topological polar surface area (TPSA) is 112 Å². The Morgan fingerprint density at radius 1 is 0.900 bits per heavy atom. The molecule has 0 saturated carbocycles. The molecule has 2 aromatic rings. The average molecular weight is 417 g/mol. The van der Waals surface area contributed by atoms with Gasteiger partial charge in [0.1, 0.15) is 0 Å². The van der Waals surface area contributed by atoms with Crippen molar-refractivity contribution in [3.63, 3.8) is 0 Å². The molecule has 2 rings (SSSR count). The van der Waals surface area contributed by atoms with Gasteiger partial charge >= 0.3 is 0 Å². The molecule has 0 aliphatic rings. The van der Waals surface area contributed by atoms with Gasteiger partial charge in [0, 0.05) is 30.2 Å². The summed E-state index contributed by atoms with van der Waals surface area (Å²) in [5, 5.41) is 7.54. The molecule has 30 heavy (non-hydrogen) atoms. The molecule has 1 aromatic carbocycles. The van der Waals surface area contributed by atoms with E-state index in [1.807, 2.05) is 30.5 Å². The first-order valence-corrected chi connectivity index (χ1v) is 11.4. The summed E-state index contributed by atoms with van der Waals surface area (Å²) in [6.07, 6.45) is 7.96. The van der Waals surface area contributed by atoms with Gasteiger partial charge in [-0.05, 0) is 83.0 Å². The van der Waals surface area contributed by atoms with Crippen LogP contribution in [0.5, 0.6) is 0 Å². The van der Waals surface area contributed by atoms with Gasteiger partial charge in [0.25, 0.3) is 0 Å². The summed E-state index contributed by atoms with van der Waals surface area (Å²) in [5.74, 6) is 0.0644. The normalized spacial score (nSPS) is 11.4. The lowest BCUT2D eigenvalue weighted by atomic mass is 10.1. The molecule has 0 aliphatic carbocycles. The number of carbonyl (C=O) groups excluding carboxylic acids is 1. The smallest absolute Gasteiger partial charge is 0.224 e. The van der Waals surface area contributed by atoms with Gasteiger partial charge in [0.2, 0.25) is 5.91 Å². The zero-order valence-corrected chi connectivity index (χ0v) is 18.3. The van der Waals surface area contributed by atoms with Crippen LogP contribution in [-0.4, -0.2) is 68.1 Å². The van der Waals surface area contributed by atoms with E-state index >= 15 is 0 Å². The second kappa shape index (κ2) is 15.0. The predicted molar refractivity (Wildman–Crippen MR) is 126 cm³/mol. The molecule has 0 fully saturated rings. The van der Waals surface area contributed by atoms with Gasteiger partial charge in [-0.2, -0.15) is 0 Å². The number of amides is 1. The van der Waals surface area contributed by atoms with E-state index in [0.29, 0.717) is 13.0 Å². The van der Waals surface area contributed by atoms with Crippen molar-refractivity contribution in [2.45, 2.75) is 38.5 Å². The SMILES string of the molecule is NCCCCN(CCCN)CCCCNCCNC(=O)Cc1c[nH]c2ccccc12. The third-order valence-corrected chi connectivity index (χ3v) is 5.33. The van der Waals surface area contributed by atoms with Crippen LogP contribution >= 0.6 is 0 Å². The lowest BCUT2D eigenvalue weighted by Gasteiger charge is -2.22. The minimum atomic E-state index is 0.0644. The van der Waals surface area contributed by atoms with Crippen molar-refractivity contribution >= 4 is 16.8 Å². The van der Waals surface area contributed by atoms with Crippen LogP contribution in [-0.2, 0) is 11.2 Å². The Kier molecular flexibility index (Phi) is 12.1. The average Bonchev–Trinajstić information content (AvgIpc) is 3.16. The Balaban J connectivity index is 1.51. The lowest BCUT2D eigenvalue weighted by molar-refractivity contribution is -0.120. The van der Waals surface area contributed by atoms with E-state index < -0.39 is 0 Å². The fraction of sp³-hybridized carbons (Fsp3) is 0.609. The van der Waals surface area contributed by atoms with Crippen LogP contribution in [0.3, 0.4) is 0 Å². The molecule has 1 amide bonds. The minimum Gasteiger partial charge on any atom is -0.361 e. The van der Waals surface area contributed by atoms with Crippen molar-refractivity contribution in [2.75, 3.05) is 52.4 Å². The van der Waals surface area contributed by atoms with Gasteiger partial charge in [-0.25, -0.2) is 0 Å². The maximum atomic E-state index is 12.2. The quantitative estimate of drug-likeness (QED) is 0.251. The zero-order valence-electron chi connectivity index (χ0n) is 18.3. The molecule has 7 N–H and O–H groups in total. The van der Waals surface area contributed by atoms with Crippen LogP contribution in [0.15, 0.2) is 30.5 Å². The number of benzene rings is 1. The fourth-order valence-corrected chi connectivity index (χ4v) is 3.64. The van der Waals surface area contributed by atoms with Crippen LogP contribution in [0.2, 0.25) is 0 Å². The third-order valence-electron chi connectivity index (χ3n) is 5.33. The second-order valence-electron chi connectivity index (χ2n) is 7.82. The van der Waals surface area contributed by atoms with Crippen LogP contribution in [0, 0.1) is 0 Å². The van der Waals surface area contributed by atoms with Gasteiger partial charge in [-0.1, -0.05) is 18.2 Å². The molecule has 1 heterocycles. The summed E-state index contributed by atoms with van der Waals surface area (Å²) >= 11 is 0. The monoisotopic (exact) mass is 416 g/mol. The Morgan fingerprint density at radius 2 is 1.63 bits per heavy atom. The maximum Gasteiger partial charge on any atom is 0.224 e. The van der Waals surface area contributed by atoms with Gasteiger partial charge < -0.3 is 32.0 Å². The number of unbranched alkanes of at least 4 members (excludes halogenated alkanes) is 2. The van der Waals surface area contributed by atoms with E-state index in [1.54, 1.807) is 0 Å². The van der Waals surface area contributed by atoms with E-state index in [4.69, 9.17) is 11.5 Å². The summed E-state index contributed by atoms with van der Waals surface area (Å²) in [4.78, 5) is 17.9. The molecule has 1 aromatic heterocycles. The number of nitrogens with zero attached hydrogens (tertiary/aromatic N) is 1. The Morgan fingerprint density at radius 3 is 2.43 bits per heavy atom. The number of nitrogens with two attached hydrogens (primary N) is 2. The van der Waals surface area contributed by atoms with Crippen LogP contribution in [0.4, 0.5) is 0 Å². The first kappa shape index (κ1) is 24.3. The Labute approximate surface area is 180 Å². The number of H-pyrrole nitrogens is 1. The van der Waals surface area contributed by atoms with Crippen LogP contribution in [0.25, 0.3) is 10.9 Å². The fourth-order valence-electron chi connectivity index (χ4n) is 3.64. The van der Waals surface area contributed by atoms with Gasteiger partial charge in [0.15, 0.2) is 0 Å². The van der Waals surface area contributed by atoms with E-state index in [2.05, 4.69) is 20.5 Å². The van der Waals surface area contributed by atoms with Crippen LogP contribution in [0.1, 0.15) is 37.7 Å². The number of fused-ring (bicyclic) bond motifs is 1. The van der Waals surface area contributed by atoms with Crippen molar-refractivity contribution < 1.29 is 4.79 Å². The number of carbonyl (C=O) groups is 1. The highest BCUT2D eigenvalue weighted by molar-refractivity contribution is 5.88. The number of para-hydroxylation sites is 1. The lowest BCUT2D eigenvalue weighted by Crippen LogP contribution is -2.33. The minimum absolute atomic E-state index is 0.0644. The van der Waals surface area contributed by atoms with Gasteiger partial charge in [-0.15, -0.1) is 0 Å². The number of nitrogens with one attached hydrogen (secondary N) is 3. The number of hydrogen-bond donors (Lipinski definition) is 5. The largest absolute Gasteiger partial charge is 0.361 e. The Hall–Kier alpha value is -1.93. The summed E-state index contributed by atoms with van der Waals surface area (Å²) in [6.45, 7) is 7.27. The summed E-state index contributed by atoms with van der Waals surface area (Å²) in [5.41, 5.74) is 13.4. The molecule has 0 bridgehead atoms. The van der Waals surface area contributed by atoms with Gasteiger partial charge in [-0.3, -0.25) is 4.79 Å². The maximum absolute atomic E-state index is 12.2. The molecular formula is C23H40N6O. The third kappa shape index (κ3) is 9.26. The molecule has 0 saturated heterocycles. The molecule has 0 spiro atoms. The molecule has 0 unspecified atom stereocenters. The Bertz CT molecular complexity index is 717. The molecular weight excluding hydrogens is 376 g/mol. The number of rotatable bonds is 17. The van der Waals surface area contributed by atoms with Crippen molar-refractivity contribution in [1.29, 1.82) is 0 Å². The molecule has 7 nitrogen and oxygen atoms in total. The van der Waals surface area contributed by atoms with Crippen molar-refractivity contribution in [1.82, 2.24) is 20.5 Å². The first-order valence-electron chi connectivity index (χ1n) is 11.4. The number of aromatic amines is 1. The van der Waals surface area contributed by atoms with Crippen molar-refractivity contribution in [2.24, 2.45) is 11.5 Å². The highest BCUT2D eigenvalue weighted by atomic mass is 16.1. The molecule has 168 valence electrons. The summed E-state index contributed by atoms with van der Waals surface area (Å²) < 4.78 is 0. The van der Waals surface area contributed by atoms with Crippen LogP contribution < -0.4 is 22.1 Å². The molecule has 0 radical (unpaired) electrons. The molecule has 0 atom stereocenters. The van der Waals surface area contributed by atoms with Gasteiger partial charge in [0.05, 0.1) is 6.42 Å². The number of hydrogen-bond acceptors (Lipinski definition) is 5. The van der Waals surface area contributed by atoms with E-state index in [1.165, 1.54) is 6.42 Å². The summed E-state index contributed by atoms with van der Waals surface area (Å²) in [6, 6.07) is 8.07. The second-order valence-corrected chi connectivity index (χ2v) is 7.82. The predicted octanol–water partition coefficient (Wildman–Crippen LogP) is 1.59. The molecule has 7 heteroatoms. The zero-order chi connectivity index (χ0) is 21.4. The first-order chi connectivity index (χ1) is 14.7. The highest BCUT2D eigenvalue weighted by Gasteiger charge is 2.08.